The summed E-state index contributed by atoms with van der Waals surface area (Å²) in [6.07, 6.45) is -2.77. The number of carbonyl (C=O) groups is 1. The van der Waals surface area contributed by atoms with Crippen molar-refractivity contribution in [3.05, 3.63) is 35.4 Å². The molecular formula is C23H22F4N8O3. The molecule has 4 fully saturated rings. The smallest absolute Gasteiger partial charge is 0.443 e. The molecule has 15 heteroatoms. The maximum Gasteiger partial charge on any atom is 0.522 e. The SMILES string of the molecule is N#Cc1cn2nc(COC(F)(F)F)cc2c(Nc2cc([C@@H]3CC[C@H](OC(=O)NC45CC(C4)C5)[C@@H]3F)[nH]n2)n1. The number of aromatic nitrogens is 5. The van der Waals surface area contributed by atoms with Gasteiger partial charge in [-0.05, 0) is 44.1 Å². The molecule has 4 aliphatic rings. The standard InChI is InChI=1S/C23H22F4N8O3/c24-19-14(1-2-17(19)38-21(36)31-22-5-11(6-22)7-22)15-4-18(33-32-15)30-20-16-3-12(10-37-23(25,26)27)34-35(16)9-13(8-28)29-20/h3-4,9,11,14,17,19H,1-2,5-7,10H2,(H,31,36)(H2,29,30,32,33)/t11?,14-,17-,19+,22?/m0/s1. The summed E-state index contributed by atoms with van der Waals surface area (Å²) in [4.78, 5) is 16.4. The van der Waals surface area contributed by atoms with E-state index in [1.165, 1.54) is 16.8 Å². The molecule has 38 heavy (non-hydrogen) atoms. The highest BCUT2D eigenvalue weighted by atomic mass is 19.4. The predicted molar refractivity (Wildman–Crippen MR) is 121 cm³/mol. The fourth-order valence-electron chi connectivity index (χ4n) is 5.51. The molecule has 0 radical (unpaired) electrons. The Labute approximate surface area is 212 Å². The molecule has 3 aromatic rings. The van der Waals surface area contributed by atoms with Crippen molar-refractivity contribution in [2.45, 2.75) is 68.8 Å². The van der Waals surface area contributed by atoms with Gasteiger partial charge in [-0.2, -0.15) is 15.5 Å². The van der Waals surface area contributed by atoms with Gasteiger partial charge in [0, 0.05) is 23.2 Å². The van der Waals surface area contributed by atoms with E-state index in [1.807, 2.05) is 6.07 Å². The first-order valence-electron chi connectivity index (χ1n) is 12.0. The van der Waals surface area contributed by atoms with Gasteiger partial charge in [0.1, 0.15) is 30.5 Å². The number of anilines is 2. The number of fused-ring (bicyclic) bond motifs is 1. The van der Waals surface area contributed by atoms with E-state index in [4.69, 9.17) is 4.74 Å². The number of nitriles is 1. The van der Waals surface area contributed by atoms with Crippen LogP contribution in [0.4, 0.5) is 34.0 Å². The molecule has 200 valence electrons. The Morgan fingerprint density at radius 3 is 2.76 bits per heavy atom. The van der Waals surface area contributed by atoms with Gasteiger partial charge in [0.2, 0.25) is 0 Å². The molecule has 0 unspecified atom stereocenters. The lowest BCUT2D eigenvalue weighted by Crippen LogP contribution is -2.68. The molecule has 7 rings (SSSR count). The van der Waals surface area contributed by atoms with Gasteiger partial charge >= 0.3 is 12.5 Å². The average Bonchev–Trinajstić information content (AvgIpc) is 3.53. The molecule has 3 N–H and O–H groups in total. The Hall–Kier alpha value is -3.93. The predicted octanol–water partition coefficient (Wildman–Crippen LogP) is 3.97. The number of nitrogens with one attached hydrogen (secondary N) is 3. The number of alkyl halides is 4. The number of hydrogen-bond acceptors (Lipinski definition) is 8. The largest absolute Gasteiger partial charge is 0.522 e. The third-order valence-corrected chi connectivity index (χ3v) is 7.41. The number of alkyl carbamates (subject to hydrolysis) is 1. The van der Waals surface area contributed by atoms with Crippen LogP contribution in [0.3, 0.4) is 0 Å². The number of amides is 1. The zero-order valence-electron chi connectivity index (χ0n) is 19.8. The van der Waals surface area contributed by atoms with Gasteiger partial charge in [-0.25, -0.2) is 18.7 Å². The highest BCUT2D eigenvalue weighted by Gasteiger charge is 2.58. The lowest BCUT2D eigenvalue weighted by Gasteiger charge is -2.61. The third kappa shape index (κ3) is 4.60. The highest BCUT2D eigenvalue weighted by molar-refractivity contribution is 5.73. The second-order valence-corrected chi connectivity index (χ2v) is 10.1. The molecule has 0 aliphatic heterocycles. The summed E-state index contributed by atoms with van der Waals surface area (Å²) in [5.41, 5.74) is 0.534. The quantitative estimate of drug-likeness (QED) is 0.387. The Kier molecular flexibility index (Phi) is 5.67. The second-order valence-electron chi connectivity index (χ2n) is 10.1. The Morgan fingerprint density at radius 1 is 1.29 bits per heavy atom. The van der Waals surface area contributed by atoms with Crippen molar-refractivity contribution in [1.82, 2.24) is 30.1 Å². The number of hydrogen-bond donors (Lipinski definition) is 3. The monoisotopic (exact) mass is 534 g/mol. The summed E-state index contributed by atoms with van der Waals surface area (Å²) >= 11 is 0. The van der Waals surface area contributed by atoms with Gasteiger partial charge in [0.05, 0.1) is 11.9 Å². The highest BCUT2D eigenvalue weighted by Crippen LogP contribution is 2.57. The summed E-state index contributed by atoms with van der Waals surface area (Å²) < 4.78 is 62.9. The summed E-state index contributed by atoms with van der Waals surface area (Å²) in [5.74, 6) is 0.473. The van der Waals surface area contributed by atoms with Crippen molar-refractivity contribution in [1.29, 1.82) is 5.26 Å². The molecule has 1 amide bonds. The Morgan fingerprint density at radius 2 is 2.08 bits per heavy atom. The van der Waals surface area contributed by atoms with E-state index in [0.29, 0.717) is 24.5 Å². The lowest BCUT2D eigenvalue weighted by molar-refractivity contribution is -0.330. The summed E-state index contributed by atoms with van der Waals surface area (Å²) in [6, 6.07) is 4.77. The van der Waals surface area contributed by atoms with Crippen molar-refractivity contribution < 1.29 is 31.8 Å². The third-order valence-electron chi connectivity index (χ3n) is 7.41. The molecule has 0 spiro atoms. The number of aromatic amines is 1. The van der Waals surface area contributed by atoms with Crippen molar-refractivity contribution in [2.75, 3.05) is 5.32 Å². The molecule has 3 aromatic heterocycles. The minimum atomic E-state index is -4.82. The maximum atomic E-state index is 15.2. The molecule has 2 bridgehead atoms. The Bertz CT molecular complexity index is 1410. The van der Waals surface area contributed by atoms with E-state index in [9.17, 15) is 23.2 Å². The molecule has 4 saturated carbocycles. The van der Waals surface area contributed by atoms with Crippen LogP contribution in [0.1, 0.15) is 55.1 Å². The number of H-pyrrole nitrogens is 1. The molecule has 3 heterocycles. The van der Waals surface area contributed by atoms with E-state index in [0.717, 1.165) is 19.3 Å². The van der Waals surface area contributed by atoms with Crippen LogP contribution in [0.2, 0.25) is 0 Å². The van der Waals surface area contributed by atoms with Gasteiger partial charge in [-0.3, -0.25) is 9.84 Å². The normalized spacial score (nSPS) is 27.9. The fraction of sp³-hybridized carbons (Fsp3) is 0.522. The van der Waals surface area contributed by atoms with Crippen LogP contribution in [0.25, 0.3) is 5.52 Å². The molecule has 0 aromatic carbocycles. The first kappa shape index (κ1) is 24.4. The average molecular weight is 534 g/mol. The van der Waals surface area contributed by atoms with Gasteiger partial charge < -0.3 is 15.4 Å². The minimum Gasteiger partial charge on any atom is -0.443 e. The van der Waals surface area contributed by atoms with Crippen LogP contribution >= 0.6 is 0 Å². The van der Waals surface area contributed by atoms with Crippen molar-refractivity contribution in [3.8, 4) is 6.07 Å². The number of rotatable bonds is 7. The summed E-state index contributed by atoms with van der Waals surface area (Å²) in [6.45, 7) is -0.818. The Balaban J connectivity index is 1.13. The van der Waals surface area contributed by atoms with Crippen LogP contribution in [-0.4, -0.2) is 55.1 Å². The number of ether oxygens (including phenoxy) is 2. The van der Waals surface area contributed by atoms with Gasteiger partial charge in [-0.1, -0.05) is 0 Å². The zero-order chi connectivity index (χ0) is 26.7. The minimum absolute atomic E-state index is 0.0275. The van der Waals surface area contributed by atoms with E-state index < -0.39 is 37.3 Å². The molecule has 0 saturated heterocycles. The van der Waals surface area contributed by atoms with E-state index >= 15 is 4.39 Å². The van der Waals surface area contributed by atoms with Gasteiger partial charge in [0.15, 0.2) is 17.3 Å². The summed E-state index contributed by atoms with van der Waals surface area (Å²) in [5, 5.41) is 26.0. The van der Waals surface area contributed by atoms with Crippen molar-refractivity contribution in [2.24, 2.45) is 5.92 Å². The van der Waals surface area contributed by atoms with E-state index in [-0.39, 0.29) is 34.1 Å². The summed E-state index contributed by atoms with van der Waals surface area (Å²) in [7, 11) is 0. The first-order valence-corrected chi connectivity index (χ1v) is 12.0. The van der Waals surface area contributed by atoms with E-state index in [2.05, 4.69) is 35.7 Å². The van der Waals surface area contributed by atoms with Crippen LogP contribution in [0.5, 0.6) is 0 Å². The topological polar surface area (TPSA) is 142 Å². The fourth-order valence-corrected chi connectivity index (χ4v) is 5.51. The molecule has 11 nitrogen and oxygen atoms in total. The van der Waals surface area contributed by atoms with Gasteiger partial charge in [0.25, 0.3) is 0 Å². The van der Waals surface area contributed by atoms with E-state index in [1.54, 1.807) is 6.07 Å². The van der Waals surface area contributed by atoms with Crippen LogP contribution in [-0.2, 0) is 16.1 Å². The first-order chi connectivity index (χ1) is 18.1. The van der Waals surface area contributed by atoms with Crippen molar-refractivity contribution >= 4 is 23.2 Å². The van der Waals surface area contributed by atoms with Crippen LogP contribution < -0.4 is 10.6 Å². The van der Waals surface area contributed by atoms with Crippen LogP contribution in [0.15, 0.2) is 18.3 Å². The molecule has 3 atom stereocenters. The number of halogens is 4. The van der Waals surface area contributed by atoms with Crippen molar-refractivity contribution in [3.63, 3.8) is 0 Å². The number of carbonyl (C=O) groups excluding carboxylic acids is 1. The molecule has 4 aliphatic carbocycles. The lowest BCUT2D eigenvalue weighted by atomic mass is 9.50. The van der Waals surface area contributed by atoms with Gasteiger partial charge in [-0.15, -0.1) is 13.2 Å². The number of nitrogens with zero attached hydrogens (tertiary/aromatic N) is 5. The maximum absolute atomic E-state index is 15.2. The second kappa shape index (κ2) is 8.83. The molecular weight excluding hydrogens is 512 g/mol. The zero-order valence-corrected chi connectivity index (χ0v) is 19.8. The van der Waals surface area contributed by atoms with Crippen LogP contribution in [0, 0.1) is 17.2 Å².